The highest BCUT2D eigenvalue weighted by Gasteiger charge is 2.58. The largest absolute Gasteiger partial charge is 0.355 e. The molecular weight excluding hydrogens is 404 g/mol. The molecule has 1 amide bonds. The number of halogens is 2. The number of amides is 1. The number of anilines is 1. The molecule has 6 rings (SSSR count). The summed E-state index contributed by atoms with van der Waals surface area (Å²) in [5.74, 6) is -0.486. The molecule has 0 aliphatic carbocycles. The van der Waals surface area contributed by atoms with Crippen LogP contribution < -0.4 is 4.90 Å². The lowest BCUT2D eigenvalue weighted by Gasteiger charge is -2.38. The highest BCUT2D eigenvalue weighted by atomic mass is 19.1. The molecule has 3 aliphatic heterocycles. The van der Waals surface area contributed by atoms with E-state index in [0.29, 0.717) is 44.3 Å². The number of hydrogen-bond acceptors (Lipinski definition) is 5. The second kappa shape index (κ2) is 6.71. The smallest absolute Gasteiger partial charge is 0.257 e. The van der Waals surface area contributed by atoms with Gasteiger partial charge < -0.3 is 14.5 Å². The third-order valence-corrected chi connectivity index (χ3v) is 6.77. The Morgan fingerprint density at radius 2 is 1.87 bits per heavy atom. The molecule has 7 nitrogen and oxygen atoms in total. The van der Waals surface area contributed by atoms with Crippen molar-refractivity contribution in [2.75, 3.05) is 18.0 Å². The van der Waals surface area contributed by atoms with E-state index in [9.17, 15) is 13.6 Å². The summed E-state index contributed by atoms with van der Waals surface area (Å²) >= 11 is 0. The average Bonchev–Trinajstić information content (AvgIpc) is 3.45. The van der Waals surface area contributed by atoms with E-state index in [1.54, 1.807) is 9.42 Å². The fourth-order valence-corrected chi connectivity index (χ4v) is 5.32. The van der Waals surface area contributed by atoms with E-state index in [1.807, 2.05) is 18.3 Å². The van der Waals surface area contributed by atoms with E-state index < -0.39 is 17.2 Å². The van der Waals surface area contributed by atoms with Crippen molar-refractivity contribution in [1.29, 1.82) is 0 Å². The minimum absolute atomic E-state index is 0.0696. The quantitative estimate of drug-likeness (QED) is 0.632. The molecule has 0 saturated carbocycles. The Bertz CT molecular complexity index is 1150. The van der Waals surface area contributed by atoms with Gasteiger partial charge in [-0.3, -0.25) is 4.79 Å². The first-order valence-electron chi connectivity index (χ1n) is 10.5. The van der Waals surface area contributed by atoms with Crippen LogP contribution in [0.3, 0.4) is 0 Å². The van der Waals surface area contributed by atoms with Crippen LogP contribution in [0.25, 0.3) is 5.52 Å². The van der Waals surface area contributed by atoms with Gasteiger partial charge in [0.25, 0.3) is 5.91 Å². The van der Waals surface area contributed by atoms with Crippen LogP contribution in [0.5, 0.6) is 0 Å². The number of hydrogen-bond donors (Lipinski definition) is 0. The van der Waals surface area contributed by atoms with Gasteiger partial charge >= 0.3 is 0 Å². The van der Waals surface area contributed by atoms with Gasteiger partial charge in [0.05, 0.1) is 6.04 Å². The molecule has 2 atom stereocenters. The molecule has 0 N–H and O–H groups in total. The number of fused-ring (bicyclic) bond motifs is 2. The van der Waals surface area contributed by atoms with Crippen LogP contribution in [-0.2, 0) is 9.53 Å². The molecule has 9 heteroatoms. The number of aromatic nitrogens is 3. The second-order valence-corrected chi connectivity index (χ2v) is 8.48. The topological polar surface area (TPSA) is 63.0 Å². The molecule has 31 heavy (non-hydrogen) atoms. The molecule has 3 aromatic rings. The Morgan fingerprint density at radius 3 is 2.65 bits per heavy atom. The van der Waals surface area contributed by atoms with E-state index in [1.165, 1.54) is 18.5 Å². The highest BCUT2D eigenvalue weighted by molar-refractivity contribution is 5.88. The van der Waals surface area contributed by atoms with Crippen molar-refractivity contribution in [2.24, 2.45) is 0 Å². The molecule has 0 radical (unpaired) electrons. The number of nitrogens with zero attached hydrogens (tertiary/aromatic N) is 5. The normalized spacial score (nSPS) is 25.0. The first-order valence-corrected chi connectivity index (χ1v) is 10.5. The first kappa shape index (κ1) is 18.7. The van der Waals surface area contributed by atoms with Crippen molar-refractivity contribution in [3.63, 3.8) is 0 Å². The lowest BCUT2D eigenvalue weighted by Crippen LogP contribution is -2.50. The van der Waals surface area contributed by atoms with E-state index >= 15 is 0 Å². The molecule has 160 valence electrons. The summed E-state index contributed by atoms with van der Waals surface area (Å²) in [6, 6.07) is 7.01. The third kappa shape index (κ3) is 2.83. The van der Waals surface area contributed by atoms with E-state index in [4.69, 9.17) is 4.74 Å². The van der Waals surface area contributed by atoms with Crippen LogP contribution >= 0.6 is 0 Å². The van der Waals surface area contributed by atoms with Gasteiger partial charge in [-0.2, -0.15) is 5.10 Å². The molecule has 3 fully saturated rings. The summed E-state index contributed by atoms with van der Waals surface area (Å²) in [7, 11) is 0. The average molecular weight is 425 g/mol. The van der Waals surface area contributed by atoms with Gasteiger partial charge in [-0.25, -0.2) is 18.3 Å². The summed E-state index contributed by atoms with van der Waals surface area (Å²) in [5, 5.41) is 4.21. The fourth-order valence-electron chi connectivity index (χ4n) is 5.32. The van der Waals surface area contributed by atoms with Crippen molar-refractivity contribution in [2.45, 2.75) is 43.6 Å². The van der Waals surface area contributed by atoms with Crippen LogP contribution in [0.15, 0.2) is 42.9 Å². The van der Waals surface area contributed by atoms with Gasteiger partial charge in [0, 0.05) is 38.2 Å². The van der Waals surface area contributed by atoms with Gasteiger partial charge in [0.2, 0.25) is 0 Å². The second-order valence-electron chi connectivity index (χ2n) is 8.48. The molecule has 2 aromatic heterocycles. The zero-order valence-electron chi connectivity index (χ0n) is 16.7. The van der Waals surface area contributed by atoms with Crippen LogP contribution in [0.1, 0.15) is 37.3 Å². The van der Waals surface area contributed by atoms with Gasteiger partial charge in [0.15, 0.2) is 11.4 Å². The SMILES string of the molecule is O=C1N2C(CCC2c2cc(F)cc(F)c2)OC12CCN(c1ncnn3cccc13)CC2. The summed E-state index contributed by atoms with van der Waals surface area (Å²) in [5.41, 5.74) is 0.533. The van der Waals surface area contributed by atoms with Crippen molar-refractivity contribution >= 4 is 17.2 Å². The van der Waals surface area contributed by atoms with Crippen molar-refractivity contribution in [3.05, 3.63) is 60.1 Å². The summed E-state index contributed by atoms with van der Waals surface area (Å²) < 4.78 is 35.6. The third-order valence-electron chi connectivity index (χ3n) is 6.77. The summed E-state index contributed by atoms with van der Waals surface area (Å²) in [6.45, 7) is 1.26. The molecule has 3 saturated heterocycles. The van der Waals surface area contributed by atoms with E-state index in [2.05, 4.69) is 15.0 Å². The number of carbonyl (C=O) groups is 1. The maximum Gasteiger partial charge on any atom is 0.257 e. The lowest BCUT2D eigenvalue weighted by atomic mass is 9.89. The Morgan fingerprint density at radius 1 is 1.10 bits per heavy atom. The Balaban J connectivity index is 1.24. The molecular formula is C22H21F2N5O2. The van der Waals surface area contributed by atoms with Crippen molar-refractivity contribution < 1.29 is 18.3 Å². The predicted octanol–water partition coefficient (Wildman–Crippen LogP) is 3.07. The molecule has 3 aliphatic rings. The Kier molecular flexibility index (Phi) is 4.05. The molecule has 2 unspecified atom stereocenters. The summed E-state index contributed by atoms with van der Waals surface area (Å²) in [6.07, 6.45) is 5.44. The predicted molar refractivity (Wildman–Crippen MR) is 107 cm³/mol. The zero-order chi connectivity index (χ0) is 21.2. The number of ether oxygens (including phenoxy) is 1. The van der Waals surface area contributed by atoms with Gasteiger partial charge in [-0.05, 0) is 42.7 Å². The fraction of sp³-hybridized carbons (Fsp3) is 0.409. The van der Waals surface area contributed by atoms with Crippen LogP contribution in [0, 0.1) is 11.6 Å². The van der Waals surface area contributed by atoms with Crippen molar-refractivity contribution in [3.8, 4) is 0 Å². The Labute approximate surface area is 177 Å². The van der Waals surface area contributed by atoms with Gasteiger partial charge in [-0.15, -0.1) is 0 Å². The van der Waals surface area contributed by atoms with Crippen molar-refractivity contribution in [1.82, 2.24) is 19.5 Å². The van der Waals surface area contributed by atoms with Crippen LogP contribution in [0.4, 0.5) is 14.6 Å². The zero-order valence-corrected chi connectivity index (χ0v) is 16.7. The number of benzene rings is 1. The minimum atomic E-state index is -0.878. The molecule has 1 spiro atoms. The molecule has 0 bridgehead atoms. The first-order chi connectivity index (χ1) is 15.0. The van der Waals surface area contributed by atoms with E-state index in [-0.39, 0.29) is 18.2 Å². The molecule has 1 aromatic carbocycles. The number of carbonyl (C=O) groups excluding carboxylic acids is 1. The van der Waals surface area contributed by atoms with Crippen LogP contribution in [0.2, 0.25) is 0 Å². The monoisotopic (exact) mass is 425 g/mol. The van der Waals surface area contributed by atoms with E-state index in [0.717, 1.165) is 17.4 Å². The maximum absolute atomic E-state index is 13.8. The number of rotatable bonds is 2. The highest BCUT2D eigenvalue weighted by Crippen LogP contribution is 2.48. The van der Waals surface area contributed by atoms with Crippen LogP contribution in [-0.4, -0.2) is 50.3 Å². The number of piperidine rings is 1. The maximum atomic E-state index is 13.8. The molecule has 5 heterocycles. The lowest BCUT2D eigenvalue weighted by molar-refractivity contribution is -0.140. The Hall–Kier alpha value is -3.07. The summed E-state index contributed by atoms with van der Waals surface area (Å²) in [4.78, 5) is 21.8. The van der Waals surface area contributed by atoms with Gasteiger partial charge in [0.1, 0.15) is 29.7 Å². The van der Waals surface area contributed by atoms with Gasteiger partial charge in [-0.1, -0.05) is 0 Å². The standard InChI is InChI=1S/C22H21F2N5O2/c23-15-10-14(11-16(24)12-15)17-3-4-19-29(17)21(30)22(31-19)5-8-27(9-6-22)20-18-2-1-7-28(18)26-13-25-20/h1-2,7,10-13,17,19H,3-6,8-9H2. The minimum Gasteiger partial charge on any atom is -0.355 e.